The van der Waals surface area contributed by atoms with Crippen molar-refractivity contribution in [3.8, 4) is 5.69 Å². The second-order valence-corrected chi connectivity index (χ2v) is 5.02. The summed E-state index contributed by atoms with van der Waals surface area (Å²) in [5.41, 5.74) is 1.75. The van der Waals surface area contributed by atoms with E-state index in [0.717, 1.165) is 37.3 Å². The summed E-state index contributed by atoms with van der Waals surface area (Å²) < 4.78 is 1.90. The topological polar surface area (TPSA) is 59.0 Å². The Labute approximate surface area is 142 Å². The van der Waals surface area contributed by atoms with Gasteiger partial charge in [0.25, 0.3) is 0 Å². The van der Waals surface area contributed by atoms with E-state index >= 15 is 0 Å². The molecule has 2 heterocycles. The fraction of sp³-hybridized carbons (Fsp3) is 0.333. The molecule has 2 N–H and O–H groups in total. The molecule has 0 spiro atoms. The van der Waals surface area contributed by atoms with Gasteiger partial charge in [0.2, 0.25) is 5.91 Å². The zero-order valence-corrected chi connectivity index (χ0v) is 13.7. The Morgan fingerprint density at radius 3 is 2.82 bits per heavy atom. The average molecular weight is 343 g/mol. The third-order valence-corrected chi connectivity index (χ3v) is 3.61. The Morgan fingerprint density at radius 2 is 2.14 bits per heavy atom. The third-order valence-electron chi connectivity index (χ3n) is 3.61. The monoisotopic (exact) mass is 342 g/mol. The minimum Gasteiger partial charge on any atom is -0.324 e. The van der Waals surface area contributed by atoms with Gasteiger partial charge in [-0.15, -0.1) is 24.8 Å². The number of hydrogen-bond acceptors (Lipinski definition) is 3. The van der Waals surface area contributed by atoms with Crippen molar-refractivity contribution in [2.24, 2.45) is 5.92 Å². The number of amides is 1. The maximum atomic E-state index is 12.3. The molecule has 1 unspecified atom stereocenters. The molecule has 1 atom stereocenters. The zero-order chi connectivity index (χ0) is 13.8. The highest BCUT2D eigenvalue weighted by atomic mass is 35.5. The Kier molecular flexibility index (Phi) is 7.38. The standard InChI is InChI=1S/C15H18N4O.2ClH/c20-15(12-4-3-7-16-10-12)18-13-5-1-2-6-14(13)19-9-8-17-11-19;;/h1-2,5-6,8-9,11-12,16H,3-4,7,10H2,(H,18,20);2*1H. The molecule has 1 aliphatic rings. The summed E-state index contributed by atoms with van der Waals surface area (Å²) in [6, 6.07) is 7.77. The van der Waals surface area contributed by atoms with E-state index in [1.54, 1.807) is 12.5 Å². The predicted octanol–water partition coefficient (Wildman–Crippen LogP) is 2.65. The van der Waals surface area contributed by atoms with E-state index in [0.29, 0.717) is 0 Å². The summed E-state index contributed by atoms with van der Waals surface area (Å²) in [7, 11) is 0. The van der Waals surface area contributed by atoms with Gasteiger partial charge in [-0.1, -0.05) is 12.1 Å². The highest BCUT2D eigenvalue weighted by molar-refractivity contribution is 5.94. The quantitative estimate of drug-likeness (QED) is 0.901. The Balaban J connectivity index is 0.00000121. The number of para-hydroxylation sites is 2. The summed E-state index contributed by atoms with van der Waals surface area (Å²) in [4.78, 5) is 16.4. The number of benzene rings is 1. The second-order valence-electron chi connectivity index (χ2n) is 5.02. The van der Waals surface area contributed by atoms with Crippen LogP contribution in [-0.4, -0.2) is 28.5 Å². The maximum absolute atomic E-state index is 12.3. The molecule has 1 fully saturated rings. The van der Waals surface area contributed by atoms with Crippen LogP contribution in [0.25, 0.3) is 5.69 Å². The van der Waals surface area contributed by atoms with Gasteiger partial charge >= 0.3 is 0 Å². The molecule has 0 bridgehead atoms. The fourth-order valence-electron chi connectivity index (χ4n) is 2.52. The van der Waals surface area contributed by atoms with Crippen LogP contribution in [-0.2, 0) is 4.79 Å². The van der Waals surface area contributed by atoms with Gasteiger partial charge in [-0.2, -0.15) is 0 Å². The summed E-state index contributed by atoms with van der Waals surface area (Å²) in [5.74, 6) is 0.143. The number of piperidine rings is 1. The number of nitrogens with one attached hydrogen (secondary N) is 2. The minimum absolute atomic E-state index is 0. The number of nitrogens with zero attached hydrogens (tertiary/aromatic N) is 2. The van der Waals surface area contributed by atoms with Crippen molar-refractivity contribution >= 4 is 36.4 Å². The summed E-state index contributed by atoms with van der Waals surface area (Å²) in [5, 5.41) is 6.31. The van der Waals surface area contributed by atoms with E-state index in [4.69, 9.17) is 0 Å². The van der Waals surface area contributed by atoms with E-state index in [-0.39, 0.29) is 36.6 Å². The maximum Gasteiger partial charge on any atom is 0.228 e. The van der Waals surface area contributed by atoms with Crippen molar-refractivity contribution in [3.63, 3.8) is 0 Å². The van der Waals surface area contributed by atoms with Gasteiger partial charge in [0.05, 0.1) is 23.6 Å². The van der Waals surface area contributed by atoms with Crippen LogP contribution in [0.3, 0.4) is 0 Å². The molecule has 120 valence electrons. The molecule has 2 aromatic rings. The second kappa shape index (κ2) is 8.78. The summed E-state index contributed by atoms with van der Waals surface area (Å²) >= 11 is 0. The predicted molar refractivity (Wildman–Crippen MR) is 92.3 cm³/mol. The fourth-order valence-corrected chi connectivity index (χ4v) is 2.52. The molecule has 1 amide bonds. The van der Waals surface area contributed by atoms with Crippen LogP contribution in [0.5, 0.6) is 0 Å². The van der Waals surface area contributed by atoms with Gasteiger partial charge in [0.1, 0.15) is 0 Å². The van der Waals surface area contributed by atoms with Crippen LogP contribution in [0.15, 0.2) is 43.0 Å². The van der Waals surface area contributed by atoms with Gasteiger partial charge in [-0.3, -0.25) is 4.79 Å². The van der Waals surface area contributed by atoms with Crippen LogP contribution < -0.4 is 10.6 Å². The van der Waals surface area contributed by atoms with E-state index in [1.165, 1.54) is 0 Å². The average Bonchev–Trinajstić information content (AvgIpc) is 3.03. The SMILES string of the molecule is Cl.Cl.O=C(Nc1ccccc1-n1ccnc1)C1CCCNC1. The van der Waals surface area contributed by atoms with Crippen molar-refractivity contribution < 1.29 is 4.79 Å². The highest BCUT2D eigenvalue weighted by Crippen LogP contribution is 2.21. The molecule has 1 aliphatic heterocycles. The van der Waals surface area contributed by atoms with Crippen molar-refractivity contribution in [3.05, 3.63) is 43.0 Å². The molecule has 1 aromatic carbocycles. The lowest BCUT2D eigenvalue weighted by molar-refractivity contribution is -0.120. The molecule has 3 rings (SSSR count). The largest absolute Gasteiger partial charge is 0.324 e. The first-order valence-corrected chi connectivity index (χ1v) is 6.93. The van der Waals surface area contributed by atoms with E-state index < -0.39 is 0 Å². The van der Waals surface area contributed by atoms with E-state index in [2.05, 4.69) is 15.6 Å². The van der Waals surface area contributed by atoms with Gasteiger partial charge in [-0.25, -0.2) is 4.98 Å². The number of anilines is 1. The van der Waals surface area contributed by atoms with Gasteiger partial charge in [-0.05, 0) is 31.5 Å². The number of rotatable bonds is 3. The number of carbonyl (C=O) groups is 1. The van der Waals surface area contributed by atoms with Crippen LogP contribution in [0.4, 0.5) is 5.69 Å². The normalized spacial score (nSPS) is 17.0. The van der Waals surface area contributed by atoms with Crippen molar-refractivity contribution in [2.75, 3.05) is 18.4 Å². The highest BCUT2D eigenvalue weighted by Gasteiger charge is 2.21. The van der Waals surface area contributed by atoms with Gasteiger partial charge in [0.15, 0.2) is 0 Å². The first kappa shape index (κ1) is 18.5. The number of aromatic nitrogens is 2. The molecule has 1 saturated heterocycles. The van der Waals surface area contributed by atoms with Crippen molar-refractivity contribution in [1.82, 2.24) is 14.9 Å². The van der Waals surface area contributed by atoms with Crippen molar-refractivity contribution in [1.29, 1.82) is 0 Å². The Morgan fingerprint density at radius 1 is 1.32 bits per heavy atom. The zero-order valence-electron chi connectivity index (χ0n) is 12.1. The molecule has 0 aliphatic carbocycles. The van der Waals surface area contributed by atoms with Gasteiger partial charge < -0.3 is 15.2 Å². The van der Waals surface area contributed by atoms with E-state index in [9.17, 15) is 4.79 Å². The molecule has 5 nitrogen and oxygen atoms in total. The Bertz CT molecular complexity index is 583. The first-order valence-electron chi connectivity index (χ1n) is 6.93. The molecule has 0 radical (unpaired) electrons. The van der Waals surface area contributed by atoms with Crippen LogP contribution in [0, 0.1) is 5.92 Å². The lowest BCUT2D eigenvalue weighted by Gasteiger charge is -2.22. The number of carbonyl (C=O) groups excluding carboxylic acids is 1. The molecular formula is C15H20Cl2N4O. The number of imidazole rings is 1. The summed E-state index contributed by atoms with van der Waals surface area (Å²) in [6.07, 6.45) is 7.33. The van der Waals surface area contributed by atoms with Crippen LogP contribution >= 0.6 is 24.8 Å². The lowest BCUT2D eigenvalue weighted by atomic mass is 9.99. The van der Waals surface area contributed by atoms with Crippen molar-refractivity contribution in [2.45, 2.75) is 12.8 Å². The first-order chi connectivity index (χ1) is 9.84. The smallest absolute Gasteiger partial charge is 0.228 e. The molecule has 1 aromatic heterocycles. The number of hydrogen-bond donors (Lipinski definition) is 2. The molecule has 22 heavy (non-hydrogen) atoms. The molecule has 0 saturated carbocycles. The molecular weight excluding hydrogens is 323 g/mol. The molecule has 7 heteroatoms. The lowest BCUT2D eigenvalue weighted by Crippen LogP contribution is -2.37. The summed E-state index contributed by atoms with van der Waals surface area (Å²) in [6.45, 7) is 1.77. The number of halogens is 2. The van der Waals surface area contributed by atoms with Gasteiger partial charge in [0, 0.05) is 18.9 Å². The van der Waals surface area contributed by atoms with Crippen LogP contribution in [0.1, 0.15) is 12.8 Å². The van der Waals surface area contributed by atoms with Crippen LogP contribution in [0.2, 0.25) is 0 Å². The third kappa shape index (κ3) is 4.22. The Hall–Kier alpha value is -1.56. The minimum atomic E-state index is 0. The van der Waals surface area contributed by atoms with E-state index in [1.807, 2.05) is 35.0 Å².